The van der Waals surface area contributed by atoms with Crippen LogP contribution in [0.4, 0.5) is 0 Å². The predicted molar refractivity (Wildman–Crippen MR) is 129 cm³/mol. The number of pyridine rings is 2. The van der Waals surface area contributed by atoms with E-state index in [-0.39, 0.29) is 5.91 Å². The number of hydrogen-bond donors (Lipinski definition) is 1. The van der Waals surface area contributed by atoms with Gasteiger partial charge in [-0.1, -0.05) is 17.7 Å². The van der Waals surface area contributed by atoms with Crippen LogP contribution in [0.2, 0.25) is 5.02 Å². The standard InChI is InChI=1S/C25H26ClN5O/c1-16-19(5-7-24(30-16)31(2)3)14-29-25(32)18-8-9-27-22(13-18)11-17-4-6-23-20(10-17)12-21(26)15-28-23/h4,6,8-10,12-13,15H,5,7,11,14H2,1-3H3,(H,29,32). The summed E-state index contributed by atoms with van der Waals surface area (Å²) in [5.41, 5.74) is 5.58. The molecule has 6 nitrogen and oxygen atoms in total. The van der Waals surface area contributed by atoms with Gasteiger partial charge in [0.15, 0.2) is 0 Å². The summed E-state index contributed by atoms with van der Waals surface area (Å²) < 4.78 is 0. The first-order valence-corrected chi connectivity index (χ1v) is 11.0. The lowest BCUT2D eigenvalue weighted by molar-refractivity contribution is 0.0956. The minimum atomic E-state index is -0.106. The van der Waals surface area contributed by atoms with E-state index >= 15 is 0 Å². The van der Waals surface area contributed by atoms with Crippen molar-refractivity contribution in [2.24, 2.45) is 4.99 Å². The summed E-state index contributed by atoms with van der Waals surface area (Å²) in [5.74, 6) is 0.967. The molecular formula is C25H26ClN5O. The van der Waals surface area contributed by atoms with Gasteiger partial charge in [0.05, 0.1) is 10.5 Å². The Labute approximate surface area is 193 Å². The molecule has 1 aromatic carbocycles. The van der Waals surface area contributed by atoms with Crippen LogP contribution in [0.5, 0.6) is 0 Å². The van der Waals surface area contributed by atoms with Crippen molar-refractivity contribution in [1.29, 1.82) is 0 Å². The molecule has 1 N–H and O–H groups in total. The molecule has 0 fully saturated rings. The van der Waals surface area contributed by atoms with E-state index in [0.717, 1.165) is 46.5 Å². The first-order valence-electron chi connectivity index (χ1n) is 10.6. The van der Waals surface area contributed by atoms with Gasteiger partial charge in [0.25, 0.3) is 5.91 Å². The summed E-state index contributed by atoms with van der Waals surface area (Å²) in [6.07, 6.45) is 5.75. The largest absolute Gasteiger partial charge is 0.366 e. The Hall–Kier alpha value is -3.25. The highest BCUT2D eigenvalue weighted by Crippen LogP contribution is 2.21. The molecule has 0 saturated carbocycles. The highest BCUT2D eigenvalue weighted by Gasteiger charge is 2.15. The highest BCUT2D eigenvalue weighted by atomic mass is 35.5. The van der Waals surface area contributed by atoms with Crippen molar-refractivity contribution in [3.8, 4) is 0 Å². The molecule has 4 rings (SSSR count). The van der Waals surface area contributed by atoms with Gasteiger partial charge in [0.1, 0.15) is 5.84 Å². The third-order valence-electron chi connectivity index (χ3n) is 5.61. The molecule has 1 aliphatic rings. The van der Waals surface area contributed by atoms with Gasteiger partial charge in [-0.3, -0.25) is 14.8 Å². The third-order valence-corrected chi connectivity index (χ3v) is 5.82. The molecule has 7 heteroatoms. The normalized spacial score (nSPS) is 13.8. The Balaban J connectivity index is 1.44. The number of amides is 1. The fourth-order valence-electron chi connectivity index (χ4n) is 3.79. The lowest BCUT2D eigenvalue weighted by Crippen LogP contribution is -2.29. The smallest absolute Gasteiger partial charge is 0.251 e. The number of carbonyl (C=O) groups excluding carboxylic acids is 1. The summed E-state index contributed by atoms with van der Waals surface area (Å²) in [6.45, 7) is 2.51. The zero-order valence-electron chi connectivity index (χ0n) is 18.5. The van der Waals surface area contributed by atoms with Gasteiger partial charge in [0.2, 0.25) is 0 Å². The van der Waals surface area contributed by atoms with E-state index in [1.807, 2.05) is 50.2 Å². The molecule has 3 heterocycles. The maximum absolute atomic E-state index is 12.8. The summed E-state index contributed by atoms with van der Waals surface area (Å²) >= 11 is 6.07. The molecule has 0 radical (unpaired) electrons. The number of amidine groups is 1. The van der Waals surface area contributed by atoms with Gasteiger partial charge in [-0.15, -0.1) is 0 Å². The minimum absolute atomic E-state index is 0.106. The van der Waals surface area contributed by atoms with E-state index in [1.165, 1.54) is 5.57 Å². The van der Waals surface area contributed by atoms with E-state index in [4.69, 9.17) is 11.6 Å². The number of carbonyl (C=O) groups is 1. The van der Waals surface area contributed by atoms with Crippen LogP contribution in [0.15, 0.2) is 65.1 Å². The molecule has 164 valence electrons. The van der Waals surface area contributed by atoms with Crippen LogP contribution in [0.25, 0.3) is 10.9 Å². The summed E-state index contributed by atoms with van der Waals surface area (Å²) in [4.78, 5) is 28.2. The molecule has 0 unspecified atom stereocenters. The van der Waals surface area contributed by atoms with Gasteiger partial charge < -0.3 is 10.2 Å². The van der Waals surface area contributed by atoms with Crippen molar-refractivity contribution in [3.05, 3.63) is 81.9 Å². The van der Waals surface area contributed by atoms with Crippen LogP contribution in [0, 0.1) is 0 Å². The second kappa shape index (κ2) is 9.49. The Morgan fingerprint density at radius 3 is 2.75 bits per heavy atom. The molecule has 0 saturated heterocycles. The SMILES string of the molecule is CC1=C(CNC(=O)c2ccnc(Cc3ccc4ncc(Cl)cc4c3)c2)CCC(N(C)C)=N1. The van der Waals surface area contributed by atoms with Crippen LogP contribution >= 0.6 is 11.6 Å². The molecule has 1 aliphatic heterocycles. The fraction of sp³-hybridized carbons (Fsp3) is 0.280. The van der Waals surface area contributed by atoms with Gasteiger partial charge in [-0.05, 0) is 54.8 Å². The zero-order valence-corrected chi connectivity index (χ0v) is 19.3. The molecule has 0 aliphatic carbocycles. The number of rotatable bonds is 5. The van der Waals surface area contributed by atoms with E-state index < -0.39 is 0 Å². The highest BCUT2D eigenvalue weighted by molar-refractivity contribution is 6.31. The first kappa shape index (κ1) is 22.0. The number of allylic oxidation sites excluding steroid dienone is 1. The maximum Gasteiger partial charge on any atom is 0.251 e. The van der Waals surface area contributed by atoms with Crippen molar-refractivity contribution >= 4 is 34.2 Å². The number of nitrogens with zero attached hydrogens (tertiary/aromatic N) is 4. The summed E-state index contributed by atoms with van der Waals surface area (Å²) in [5, 5.41) is 4.63. The number of hydrogen-bond acceptors (Lipinski definition) is 5. The number of aromatic nitrogens is 2. The summed E-state index contributed by atoms with van der Waals surface area (Å²) in [7, 11) is 4.01. The number of nitrogens with one attached hydrogen (secondary N) is 1. The van der Waals surface area contributed by atoms with Gasteiger partial charge >= 0.3 is 0 Å². The molecular weight excluding hydrogens is 422 g/mol. The Morgan fingerprint density at radius 1 is 1.12 bits per heavy atom. The van der Waals surface area contributed by atoms with Crippen LogP contribution < -0.4 is 5.32 Å². The second-order valence-electron chi connectivity index (χ2n) is 8.19. The van der Waals surface area contributed by atoms with Crippen molar-refractivity contribution in [1.82, 2.24) is 20.2 Å². The quantitative estimate of drug-likeness (QED) is 0.619. The van der Waals surface area contributed by atoms with E-state index in [0.29, 0.717) is 23.6 Å². The molecule has 0 atom stereocenters. The maximum atomic E-state index is 12.8. The van der Waals surface area contributed by atoms with Gasteiger partial charge in [0, 0.05) is 68.2 Å². The molecule has 2 aromatic heterocycles. The molecule has 3 aromatic rings. The van der Waals surface area contributed by atoms with E-state index in [2.05, 4.69) is 26.3 Å². The second-order valence-corrected chi connectivity index (χ2v) is 8.62. The van der Waals surface area contributed by atoms with Crippen molar-refractivity contribution in [2.45, 2.75) is 26.2 Å². The third kappa shape index (κ3) is 5.14. The van der Waals surface area contributed by atoms with Crippen molar-refractivity contribution in [3.63, 3.8) is 0 Å². The topological polar surface area (TPSA) is 70.5 Å². The Morgan fingerprint density at radius 2 is 1.97 bits per heavy atom. The predicted octanol–water partition coefficient (Wildman–Crippen LogP) is 4.63. The molecule has 0 spiro atoms. The van der Waals surface area contributed by atoms with Gasteiger partial charge in [-0.25, -0.2) is 4.99 Å². The van der Waals surface area contributed by atoms with Gasteiger partial charge in [-0.2, -0.15) is 0 Å². The molecule has 0 bridgehead atoms. The van der Waals surface area contributed by atoms with Crippen LogP contribution in [0.3, 0.4) is 0 Å². The average Bonchev–Trinajstić information content (AvgIpc) is 2.78. The Bertz CT molecular complexity index is 1230. The monoisotopic (exact) mass is 447 g/mol. The lowest BCUT2D eigenvalue weighted by Gasteiger charge is -2.22. The summed E-state index contributed by atoms with van der Waals surface area (Å²) in [6, 6.07) is 11.6. The first-order chi connectivity index (χ1) is 15.4. The van der Waals surface area contributed by atoms with E-state index in [1.54, 1.807) is 18.5 Å². The Kier molecular flexibility index (Phi) is 6.51. The lowest BCUT2D eigenvalue weighted by atomic mass is 10.0. The van der Waals surface area contributed by atoms with Crippen molar-refractivity contribution < 1.29 is 4.79 Å². The van der Waals surface area contributed by atoms with Crippen LogP contribution in [0.1, 0.15) is 41.4 Å². The van der Waals surface area contributed by atoms with Crippen LogP contribution in [-0.4, -0.2) is 47.3 Å². The zero-order chi connectivity index (χ0) is 22.7. The van der Waals surface area contributed by atoms with Crippen molar-refractivity contribution in [2.75, 3.05) is 20.6 Å². The molecule has 1 amide bonds. The van der Waals surface area contributed by atoms with E-state index in [9.17, 15) is 4.79 Å². The minimum Gasteiger partial charge on any atom is -0.366 e. The van der Waals surface area contributed by atoms with Crippen LogP contribution in [-0.2, 0) is 6.42 Å². The number of fused-ring (bicyclic) bond motifs is 1. The fourth-order valence-corrected chi connectivity index (χ4v) is 3.96. The number of benzene rings is 1. The average molecular weight is 448 g/mol. The molecule has 32 heavy (non-hydrogen) atoms. The number of aliphatic imine (C=N–C) groups is 1. The number of halogens is 1.